The molecule has 0 spiro atoms. The Morgan fingerprint density at radius 3 is 2.60 bits per heavy atom. The average molecular weight is 272 g/mol. The summed E-state index contributed by atoms with van der Waals surface area (Å²) in [5.41, 5.74) is 2.74. The molecule has 2 aromatic rings. The number of carboxylic acids is 1. The van der Waals surface area contributed by atoms with Crippen LogP contribution < -0.4 is 0 Å². The molecule has 0 amide bonds. The second-order valence-corrected chi connectivity index (χ2v) is 5.06. The zero-order valence-electron chi connectivity index (χ0n) is 10.9. The molecule has 0 unspecified atom stereocenters. The van der Waals surface area contributed by atoms with Crippen LogP contribution in [-0.2, 0) is 4.79 Å². The molecule has 5 nitrogen and oxygen atoms in total. The first-order valence-electron chi connectivity index (χ1n) is 6.68. The largest absolute Gasteiger partial charge is 0.480 e. The fourth-order valence-electron chi connectivity index (χ4n) is 2.48. The lowest BCUT2D eigenvalue weighted by molar-refractivity contribution is -0.142. The van der Waals surface area contributed by atoms with E-state index in [0.717, 1.165) is 29.8 Å². The van der Waals surface area contributed by atoms with Crippen LogP contribution in [0.1, 0.15) is 30.5 Å². The van der Waals surface area contributed by atoms with E-state index in [-0.39, 0.29) is 0 Å². The van der Waals surface area contributed by atoms with Crippen molar-refractivity contribution in [1.29, 1.82) is 0 Å². The molecule has 1 saturated carbocycles. The van der Waals surface area contributed by atoms with Crippen molar-refractivity contribution in [1.82, 2.24) is 9.55 Å². The molecular formula is C15H16N2O3. The number of hydrogen-bond acceptors (Lipinski definition) is 3. The van der Waals surface area contributed by atoms with Crippen molar-refractivity contribution in [3.05, 3.63) is 42.4 Å². The highest BCUT2D eigenvalue weighted by atomic mass is 16.4. The van der Waals surface area contributed by atoms with Gasteiger partial charge in [0.25, 0.3) is 0 Å². The molecule has 1 aromatic heterocycles. The number of rotatable bonds is 5. The predicted molar refractivity (Wildman–Crippen MR) is 73.4 cm³/mol. The number of nitrogens with zero attached hydrogens (tertiary/aromatic N) is 2. The van der Waals surface area contributed by atoms with E-state index in [9.17, 15) is 15.0 Å². The van der Waals surface area contributed by atoms with Gasteiger partial charge in [-0.05, 0) is 12.8 Å². The Kier molecular flexibility index (Phi) is 3.28. The average Bonchev–Trinajstić information content (AvgIpc) is 3.21. The zero-order valence-corrected chi connectivity index (χ0v) is 10.9. The highest BCUT2D eigenvalue weighted by Gasteiger charge is 2.34. The summed E-state index contributed by atoms with van der Waals surface area (Å²) in [5, 5.41) is 18.6. The van der Waals surface area contributed by atoms with Crippen LogP contribution in [0.25, 0.3) is 11.3 Å². The van der Waals surface area contributed by atoms with Crippen molar-refractivity contribution in [2.75, 3.05) is 6.61 Å². The molecule has 1 aliphatic carbocycles. The van der Waals surface area contributed by atoms with E-state index in [1.807, 2.05) is 30.3 Å². The lowest BCUT2D eigenvalue weighted by atomic mass is 10.1. The number of hydrogen-bond donors (Lipinski definition) is 2. The molecule has 0 radical (unpaired) electrons. The van der Waals surface area contributed by atoms with Crippen molar-refractivity contribution < 1.29 is 15.0 Å². The Hall–Kier alpha value is -2.14. The third-order valence-electron chi connectivity index (χ3n) is 3.64. The summed E-state index contributed by atoms with van der Waals surface area (Å²) in [6.45, 7) is -0.431. The van der Waals surface area contributed by atoms with E-state index in [4.69, 9.17) is 0 Å². The van der Waals surface area contributed by atoms with Crippen LogP contribution in [-0.4, -0.2) is 32.3 Å². The normalized spacial score (nSPS) is 16.1. The summed E-state index contributed by atoms with van der Waals surface area (Å²) < 4.78 is 1.61. The summed E-state index contributed by atoms with van der Waals surface area (Å²) in [7, 11) is 0. The molecule has 1 aliphatic rings. The van der Waals surface area contributed by atoms with Gasteiger partial charge >= 0.3 is 5.97 Å². The number of aliphatic hydroxyl groups is 1. The molecule has 0 saturated heterocycles. The second-order valence-electron chi connectivity index (χ2n) is 5.06. The van der Waals surface area contributed by atoms with Crippen LogP contribution in [0.4, 0.5) is 0 Å². The third kappa shape index (κ3) is 2.20. The summed E-state index contributed by atoms with van der Waals surface area (Å²) in [5.74, 6) is -0.687. The van der Waals surface area contributed by atoms with Crippen molar-refractivity contribution in [3.8, 4) is 11.3 Å². The van der Waals surface area contributed by atoms with Gasteiger partial charge < -0.3 is 14.8 Å². The van der Waals surface area contributed by atoms with Crippen molar-refractivity contribution >= 4 is 5.97 Å². The molecule has 1 aromatic carbocycles. The molecule has 20 heavy (non-hydrogen) atoms. The third-order valence-corrected chi connectivity index (χ3v) is 3.64. The highest BCUT2D eigenvalue weighted by molar-refractivity contribution is 5.73. The van der Waals surface area contributed by atoms with Gasteiger partial charge in [0.05, 0.1) is 18.6 Å². The van der Waals surface area contributed by atoms with Gasteiger partial charge in [-0.15, -0.1) is 0 Å². The number of imidazole rings is 1. The fraction of sp³-hybridized carbons (Fsp3) is 0.333. The van der Waals surface area contributed by atoms with Gasteiger partial charge in [-0.1, -0.05) is 30.3 Å². The van der Waals surface area contributed by atoms with E-state index in [2.05, 4.69) is 4.98 Å². The maximum absolute atomic E-state index is 11.3. The predicted octanol–water partition coefficient (Wildman–Crippen LogP) is 2.05. The van der Waals surface area contributed by atoms with E-state index in [1.54, 1.807) is 4.57 Å². The monoisotopic (exact) mass is 272 g/mol. The molecule has 0 aliphatic heterocycles. The van der Waals surface area contributed by atoms with Gasteiger partial charge in [-0.25, -0.2) is 9.78 Å². The lowest BCUT2D eigenvalue weighted by Crippen LogP contribution is -2.23. The van der Waals surface area contributed by atoms with Gasteiger partial charge in [0, 0.05) is 17.2 Å². The van der Waals surface area contributed by atoms with Crippen LogP contribution in [0.5, 0.6) is 0 Å². The topological polar surface area (TPSA) is 75.3 Å². The van der Waals surface area contributed by atoms with Crippen LogP contribution in [0.2, 0.25) is 0 Å². The first-order valence-corrected chi connectivity index (χ1v) is 6.68. The number of carbonyl (C=O) groups is 1. The molecule has 5 heteroatoms. The number of benzene rings is 1. The van der Waals surface area contributed by atoms with Gasteiger partial charge in [0.15, 0.2) is 6.04 Å². The summed E-state index contributed by atoms with van der Waals surface area (Å²) in [4.78, 5) is 15.7. The first kappa shape index (κ1) is 12.9. The van der Waals surface area contributed by atoms with Crippen LogP contribution in [0.15, 0.2) is 36.7 Å². The Labute approximate surface area is 116 Å². The van der Waals surface area contributed by atoms with E-state index >= 15 is 0 Å². The summed E-state index contributed by atoms with van der Waals surface area (Å²) in [6.07, 6.45) is 3.62. The van der Waals surface area contributed by atoms with Crippen LogP contribution >= 0.6 is 0 Å². The maximum atomic E-state index is 11.3. The van der Waals surface area contributed by atoms with Gasteiger partial charge in [-0.2, -0.15) is 0 Å². The Balaban J connectivity index is 2.09. The van der Waals surface area contributed by atoms with Crippen LogP contribution in [0, 0.1) is 0 Å². The highest BCUT2D eigenvalue weighted by Crippen LogP contribution is 2.44. The van der Waals surface area contributed by atoms with E-state index in [0.29, 0.717) is 5.92 Å². The molecule has 1 fully saturated rings. The SMILES string of the molecule is O=C(O)[C@@H](CO)n1cnc(-c2ccccc2)c1C1CC1. The van der Waals surface area contributed by atoms with Crippen molar-refractivity contribution in [2.45, 2.75) is 24.8 Å². The standard InChI is InChI=1S/C15H16N2O3/c18-8-12(15(19)20)17-9-16-13(14(17)11-6-7-11)10-4-2-1-3-5-10/h1-5,9,11-12,18H,6-8H2,(H,19,20)/t12-/m1/s1. The molecule has 1 heterocycles. The first-order chi connectivity index (χ1) is 9.72. The Morgan fingerprint density at radius 2 is 2.05 bits per heavy atom. The zero-order chi connectivity index (χ0) is 14.1. The molecule has 104 valence electrons. The van der Waals surface area contributed by atoms with Crippen molar-refractivity contribution in [2.24, 2.45) is 0 Å². The second kappa shape index (κ2) is 5.09. The van der Waals surface area contributed by atoms with Gasteiger partial charge in [0.2, 0.25) is 0 Å². The molecule has 3 rings (SSSR count). The Bertz CT molecular complexity index is 617. The number of aliphatic carboxylic acids is 1. The minimum Gasteiger partial charge on any atom is -0.480 e. The minimum atomic E-state index is -1.04. The van der Waals surface area contributed by atoms with Gasteiger partial charge in [-0.3, -0.25) is 0 Å². The fourth-order valence-corrected chi connectivity index (χ4v) is 2.48. The number of carboxylic acid groups (broad SMARTS) is 1. The maximum Gasteiger partial charge on any atom is 0.329 e. The summed E-state index contributed by atoms with van der Waals surface area (Å²) in [6, 6.07) is 8.78. The van der Waals surface area contributed by atoms with Gasteiger partial charge in [0.1, 0.15) is 0 Å². The van der Waals surface area contributed by atoms with Crippen molar-refractivity contribution in [3.63, 3.8) is 0 Å². The number of aliphatic hydroxyl groups excluding tert-OH is 1. The molecular weight excluding hydrogens is 256 g/mol. The molecule has 1 atom stereocenters. The minimum absolute atomic E-state index is 0.348. The lowest BCUT2D eigenvalue weighted by Gasteiger charge is -2.15. The quantitative estimate of drug-likeness (QED) is 0.873. The number of aromatic nitrogens is 2. The molecule has 0 bridgehead atoms. The van der Waals surface area contributed by atoms with E-state index < -0.39 is 18.6 Å². The van der Waals surface area contributed by atoms with E-state index in [1.165, 1.54) is 6.33 Å². The molecule has 2 N–H and O–H groups in total. The smallest absolute Gasteiger partial charge is 0.329 e. The van der Waals surface area contributed by atoms with Crippen LogP contribution in [0.3, 0.4) is 0 Å². The summed E-state index contributed by atoms with van der Waals surface area (Å²) >= 11 is 0. The Morgan fingerprint density at radius 1 is 1.35 bits per heavy atom.